The van der Waals surface area contributed by atoms with Crippen molar-refractivity contribution in [3.8, 4) is 6.07 Å². The van der Waals surface area contributed by atoms with E-state index in [9.17, 15) is 0 Å². The fourth-order valence-corrected chi connectivity index (χ4v) is 0.847. The third-order valence-corrected chi connectivity index (χ3v) is 1.71. The van der Waals surface area contributed by atoms with Crippen LogP contribution in [0, 0.1) is 17.4 Å². The van der Waals surface area contributed by atoms with Crippen molar-refractivity contribution in [3.63, 3.8) is 0 Å². The molecule has 2 heteroatoms. The van der Waals surface area contributed by atoms with Gasteiger partial charge in [0.05, 0.1) is 6.07 Å². The molecule has 0 fully saturated rings. The molecule has 0 radical (unpaired) electrons. The van der Waals surface area contributed by atoms with E-state index in [0.29, 0.717) is 0 Å². The van der Waals surface area contributed by atoms with Gasteiger partial charge in [-0.05, 0) is 0 Å². The fraction of sp³-hybridized carbons (Fsp3) is 0.300. The molecule has 0 saturated heterocycles. The molecule has 1 nitrogen and oxygen atoms in total. The van der Waals surface area contributed by atoms with Crippen LogP contribution in [0.3, 0.4) is 0 Å². The summed E-state index contributed by atoms with van der Waals surface area (Å²) in [6.07, 6.45) is 0. The smallest absolute Gasteiger partial charge is 0.0604 e. The van der Waals surface area contributed by atoms with E-state index < -0.39 is 5.41 Å². The van der Waals surface area contributed by atoms with E-state index in [0.717, 1.165) is 5.56 Å². The molecular formula is C10H10NW-. The van der Waals surface area contributed by atoms with Crippen LogP contribution in [0.2, 0.25) is 0 Å². The predicted octanol–water partition coefficient (Wildman–Crippen LogP) is 2.29. The van der Waals surface area contributed by atoms with Gasteiger partial charge in [-0.2, -0.15) is 35.6 Å². The van der Waals surface area contributed by atoms with Crippen molar-refractivity contribution < 1.29 is 21.1 Å². The van der Waals surface area contributed by atoms with Gasteiger partial charge in [0.1, 0.15) is 0 Å². The van der Waals surface area contributed by atoms with Gasteiger partial charge in [0.2, 0.25) is 0 Å². The average molecular weight is 328 g/mol. The first-order valence-electron chi connectivity index (χ1n) is 3.54. The molecule has 0 N–H and O–H groups in total. The average Bonchev–Trinajstić information content (AvgIpc) is 2.06. The number of nitrogens with zero attached hydrogens (tertiary/aromatic N) is 1. The largest absolute Gasteiger partial charge is 0.199 e. The van der Waals surface area contributed by atoms with Crippen molar-refractivity contribution in [2.75, 3.05) is 0 Å². The molecule has 0 aliphatic carbocycles. The van der Waals surface area contributed by atoms with Crippen LogP contribution < -0.4 is 0 Å². The van der Waals surface area contributed by atoms with E-state index in [4.69, 9.17) is 5.26 Å². The quantitative estimate of drug-likeness (QED) is 0.726. The van der Waals surface area contributed by atoms with E-state index in [1.807, 2.05) is 38.1 Å². The van der Waals surface area contributed by atoms with E-state index in [2.05, 4.69) is 12.1 Å². The number of rotatable bonds is 1. The summed E-state index contributed by atoms with van der Waals surface area (Å²) in [5, 5.41) is 8.78. The SMILES string of the molecule is CC(C)(C#N)c1c[c-]ccc1.[W]. The topological polar surface area (TPSA) is 23.8 Å². The molecule has 0 atom stereocenters. The summed E-state index contributed by atoms with van der Waals surface area (Å²) in [5.41, 5.74) is 0.625. The molecule has 0 heterocycles. The molecule has 0 aliphatic rings. The van der Waals surface area contributed by atoms with Gasteiger partial charge in [-0.3, -0.25) is 0 Å². The zero-order chi connectivity index (χ0) is 8.32. The summed E-state index contributed by atoms with van der Waals surface area (Å²) in [7, 11) is 0. The van der Waals surface area contributed by atoms with Crippen molar-refractivity contribution in [2.45, 2.75) is 19.3 Å². The first-order chi connectivity index (χ1) is 5.17. The Bertz CT molecular complexity index is 272. The minimum atomic E-state index is -0.391. The first kappa shape index (κ1) is 11.4. The van der Waals surface area contributed by atoms with E-state index in [-0.39, 0.29) is 21.1 Å². The predicted molar refractivity (Wildman–Crippen MR) is 43.9 cm³/mol. The van der Waals surface area contributed by atoms with Gasteiger partial charge in [-0.1, -0.05) is 13.8 Å². The number of benzene rings is 1. The molecule has 0 saturated carbocycles. The zero-order valence-corrected chi connectivity index (χ0v) is 10.1. The van der Waals surface area contributed by atoms with Crippen LogP contribution in [-0.4, -0.2) is 0 Å². The molecule has 0 bridgehead atoms. The van der Waals surface area contributed by atoms with Crippen LogP contribution in [0.15, 0.2) is 24.3 Å². The third-order valence-electron chi connectivity index (χ3n) is 1.71. The Kier molecular flexibility index (Phi) is 4.21. The van der Waals surface area contributed by atoms with Crippen LogP contribution in [-0.2, 0) is 26.5 Å². The molecular weight excluding hydrogens is 318 g/mol. The van der Waals surface area contributed by atoms with Crippen LogP contribution in [0.4, 0.5) is 0 Å². The maximum Gasteiger partial charge on any atom is 0.0604 e. The second kappa shape index (κ2) is 4.43. The summed E-state index contributed by atoms with van der Waals surface area (Å²) in [6.45, 7) is 3.80. The van der Waals surface area contributed by atoms with E-state index in [1.54, 1.807) is 0 Å². The number of nitriles is 1. The van der Waals surface area contributed by atoms with Gasteiger partial charge in [0, 0.05) is 26.5 Å². The van der Waals surface area contributed by atoms with Crippen molar-refractivity contribution in [1.82, 2.24) is 0 Å². The Balaban J connectivity index is 0.00000121. The van der Waals surface area contributed by atoms with Gasteiger partial charge in [-0.25, -0.2) is 0 Å². The molecule has 0 amide bonds. The van der Waals surface area contributed by atoms with Crippen LogP contribution in [0.25, 0.3) is 0 Å². The molecule has 12 heavy (non-hydrogen) atoms. The van der Waals surface area contributed by atoms with Gasteiger partial charge < -0.3 is 0 Å². The van der Waals surface area contributed by atoms with E-state index >= 15 is 0 Å². The Morgan fingerprint density at radius 1 is 1.50 bits per heavy atom. The van der Waals surface area contributed by atoms with Gasteiger partial charge in [0.25, 0.3) is 0 Å². The molecule has 62 valence electrons. The molecule has 1 rings (SSSR count). The first-order valence-corrected chi connectivity index (χ1v) is 3.54. The normalized spacial score (nSPS) is 9.75. The second-order valence-corrected chi connectivity index (χ2v) is 3.03. The van der Waals surface area contributed by atoms with Gasteiger partial charge in [-0.15, -0.1) is 5.56 Å². The fourth-order valence-electron chi connectivity index (χ4n) is 0.847. The van der Waals surface area contributed by atoms with Crippen LogP contribution in [0.5, 0.6) is 0 Å². The van der Waals surface area contributed by atoms with Crippen molar-refractivity contribution in [2.24, 2.45) is 0 Å². The summed E-state index contributed by atoms with van der Waals surface area (Å²) in [6, 6.07) is 12.7. The Morgan fingerprint density at radius 2 is 2.17 bits per heavy atom. The monoisotopic (exact) mass is 328 g/mol. The third kappa shape index (κ3) is 2.47. The molecule has 0 spiro atoms. The molecule has 0 unspecified atom stereocenters. The molecule has 1 aromatic carbocycles. The van der Waals surface area contributed by atoms with Crippen molar-refractivity contribution in [1.29, 1.82) is 5.26 Å². The van der Waals surface area contributed by atoms with E-state index in [1.165, 1.54) is 0 Å². The summed E-state index contributed by atoms with van der Waals surface area (Å²) in [5.74, 6) is 0. The Hall–Kier alpha value is -0.602. The minimum Gasteiger partial charge on any atom is -0.199 e. The molecule has 0 aliphatic heterocycles. The molecule has 1 aromatic rings. The zero-order valence-electron chi connectivity index (χ0n) is 7.16. The summed E-state index contributed by atoms with van der Waals surface area (Å²) < 4.78 is 0. The minimum absolute atomic E-state index is 0. The standard InChI is InChI=1S/C10H10N.W/c1-10(2,8-11)9-6-4-3-5-7-9;/h3-4,6-7H,1-2H3;/q-1;. The van der Waals surface area contributed by atoms with Crippen molar-refractivity contribution >= 4 is 0 Å². The van der Waals surface area contributed by atoms with Crippen LogP contribution >= 0.6 is 0 Å². The number of hydrogen-bond donors (Lipinski definition) is 0. The van der Waals surface area contributed by atoms with Crippen LogP contribution in [0.1, 0.15) is 19.4 Å². The Labute approximate surface area is 87.7 Å². The van der Waals surface area contributed by atoms with Gasteiger partial charge in [0.15, 0.2) is 0 Å². The number of hydrogen-bond acceptors (Lipinski definition) is 1. The van der Waals surface area contributed by atoms with Gasteiger partial charge >= 0.3 is 0 Å². The Morgan fingerprint density at radius 3 is 2.58 bits per heavy atom. The summed E-state index contributed by atoms with van der Waals surface area (Å²) >= 11 is 0. The van der Waals surface area contributed by atoms with Crippen molar-refractivity contribution in [3.05, 3.63) is 35.9 Å². The maximum absolute atomic E-state index is 8.78. The maximum atomic E-state index is 8.78. The summed E-state index contributed by atoms with van der Waals surface area (Å²) in [4.78, 5) is 0. The molecule has 0 aromatic heterocycles. The second-order valence-electron chi connectivity index (χ2n) is 3.03.